The molecule has 0 radical (unpaired) electrons. The van der Waals surface area contributed by atoms with E-state index in [0.29, 0.717) is 0 Å². The smallest absolute Gasteiger partial charge is 0.0564 e. The van der Waals surface area contributed by atoms with Gasteiger partial charge in [0.1, 0.15) is 0 Å². The molecule has 74 valence electrons. The summed E-state index contributed by atoms with van der Waals surface area (Å²) in [5.74, 6) is 0. The number of aliphatic hydroxyl groups is 1. The van der Waals surface area contributed by atoms with E-state index in [-0.39, 0.29) is 19.1 Å². The first-order chi connectivity index (χ1) is 5.00. The van der Waals surface area contributed by atoms with Crippen molar-refractivity contribution in [3.63, 3.8) is 0 Å². The van der Waals surface area contributed by atoms with Crippen molar-refractivity contribution in [3.8, 4) is 0 Å². The molecule has 1 aliphatic heterocycles. The Balaban J connectivity index is 0.00000121. The van der Waals surface area contributed by atoms with E-state index in [1.807, 2.05) is 0 Å². The largest absolute Gasteiger partial charge is 0.393 e. The maximum absolute atomic E-state index is 9.27. The molecule has 1 aliphatic rings. The highest BCUT2D eigenvalue weighted by Crippen LogP contribution is 2.19. The van der Waals surface area contributed by atoms with E-state index in [0.717, 1.165) is 25.9 Å². The summed E-state index contributed by atoms with van der Waals surface area (Å²) in [5.41, 5.74) is 0.278. The monoisotopic (exact) mass is 173 g/mol. The highest BCUT2D eigenvalue weighted by Gasteiger charge is 2.25. The lowest BCUT2D eigenvalue weighted by molar-refractivity contribution is 0.0378. The van der Waals surface area contributed by atoms with Gasteiger partial charge >= 0.3 is 0 Å². The summed E-state index contributed by atoms with van der Waals surface area (Å²) in [6.45, 7) is 8.77. The minimum atomic E-state index is -0.0476. The zero-order chi connectivity index (χ0) is 8.48. The van der Waals surface area contributed by atoms with Crippen LogP contribution in [-0.2, 0) is 0 Å². The molecule has 2 nitrogen and oxygen atoms in total. The van der Waals surface area contributed by atoms with Crippen LogP contribution in [0.3, 0.4) is 0 Å². The van der Waals surface area contributed by atoms with E-state index >= 15 is 0 Å². The molecule has 0 unspecified atom stereocenters. The van der Waals surface area contributed by atoms with Gasteiger partial charge in [-0.25, -0.2) is 0 Å². The van der Waals surface area contributed by atoms with Gasteiger partial charge in [0, 0.05) is 18.6 Å². The van der Waals surface area contributed by atoms with Crippen molar-refractivity contribution in [3.05, 3.63) is 0 Å². The molecule has 0 aliphatic carbocycles. The highest BCUT2D eigenvalue weighted by molar-refractivity contribution is 4.81. The third kappa shape index (κ3) is 3.11. The molecule has 12 heavy (non-hydrogen) atoms. The molecule has 1 rings (SSSR count). The first-order valence-electron chi connectivity index (χ1n) is 4.43. The zero-order valence-corrected chi connectivity index (χ0v) is 7.80. The quantitative estimate of drug-likeness (QED) is 0.604. The van der Waals surface area contributed by atoms with Gasteiger partial charge in [0.05, 0.1) is 6.10 Å². The molecule has 0 aromatic heterocycles. The maximum Gasteiger partial charge on any atom is 0.0564 e. The van der Waals surface area contributed by atoms with E-state index < -0.39 is 0 Å². The van der Waals surface area contributed by atoms with Gasteiger partial charge in [0.15, 0.2) is 0 Å². The van der Waals surface area contributed by atoms with Crippen LogP contribution < -0.4 is 0 Å². The van der Waals surface area contributed by atoms with Gasteiger partial charge in [-0.05, 0) is 33.6 Å². The summed E-state index contributed by atoms with van der Waals surface area (Å²) in [7, 11) is 0. The van der Waals surface area contributed by atoms with E-state index in [1.54, 1.807) is 0 Å². The van der Waals surface area contributed by atoms with E-state index in [1.165, 1.54) is 0 Å². The van der Waals surface area contributed by atoms with Crippen LogP contribution >= 0.6 is 0 Å². The molecule has 1 saturated heterocycles. The molecular weight excluding hydrogens is 150 g/mol. The Bertz CT molecular complexity index is 120. The van der Waals surface area contributed by atoms with Crippen molar-refractivity contribution in [1.29, 1.82) is 0 Å². The molecule has 0 amide bonds. The Labute approximate surface area is 76.6 Å². The van der Waals surface area contributed by atoms with Crippen LogP contribution in [-0.4, -0.2) is 34.7 Å². The molecular formula is C10H23NO. The minimum absolute atomic E-state index is 0. The van der Waals surface area contributed by atoms with Gasteiger partial charge in [0.2, 0.25) is 0 Å². The predicted octanol–water partition coefficient (Wildman–Crippen LogP) is 1.88. The van der Waals surface area contributed by atoms with Crippen molar-refractivity contribution in [2.45, 2.75) is 52.7 Å². The van der Waals surface area contributed by atoms with Crippen LogP contribution in [0.1, 0.15) is 41.0 Å². The molecule has 1 heterocycles. The molecule has 0 spiro atoms. The Morgan fingerprint density at radius 1 is 1.17 bits per heavy atom. The fourth-order valence-corrected chi connectivity index (χ4v) is 1.54. The summed E-state index contributed by atoms with van der Waals surface area (Å²) in [5, 5.41) is 9.27. The Hall–Kier alpha value is -0.0800. The summed E-state index contributed by atoms with van der Waals surface area (Å²) in [6, 6.07) is 0. The maximum atomic E-state index is 9.27. The van der Waals surface area contributed by atoms with Crippen molar-refractivity contribution in [1.82, 2.24) is 4.90 Å². The van der Waals surface area contributed by atoms with E-state index in [2.05, 4.69) is 25.7 Å². The molecule has 0 atom stereocenters. The van der Waals surface area contributed by atoms with Crippen LogP contribution in [0.15, 0.2) is 0 Å². The predicted molar refractivity (Wildman–Crippen MR) is 53.3 cm³/mol. The molecule has 0 saturated carbocycles. The van der Waals surface area contributed by atoms with Crippen LogP contribution in [0.5, 0.6) is 0 Å². The summed E-state index contributed by atoms with van der Waals surface area (Å²) >= 11 is 0. The fourth-order valence-electron chi connectivity index (χ4n) is 1.54. The van der Waals surface area contributed by atoms with E-state index in [9.17, 15) is 5.11 Å². The Kier molecular flexibility index (Phi) is 4.21. The van der Waals surface area contributed by atoms with Gasteiger partial charge in [-0.15, -0.1) is 0 Å². The first kappa shape index (κ1) is 11.9. The van der Waals surface area contributed by atoms with Crippen LogP contribution in [0, 0.1) is 0 Å². The van der Waals surface area contributed by atoms with Gasteiger partial charge in [-0.2, -0.15) is 0 Å². The SMILES string of the molecule is C.CC(C)(C)N1CCC(O)CC1. The fraction of sp³-hybridized carbons (Fsp3) is 1.00. The van der Waals surface area contributed by atoms with Crippen LogP contribution in [0.4, 0.5) is 0 Å². The number of likely N-dealkylation sites (tertiary alicyclic amines) is 1. The van der Waals surface area contributed by atoms with Gasteiger partial charge < -0.3 is 5.11 Å². The lowest BCUT2D eigenvalue weighted by Crippen LogP contribution is -2.47. The molecule has 0 aromatic rings. The lowest BCUT2D eigenvalue weighted by atomic mass is 10.00. The first-order valence-corrected chi connectivity index (χ1v) is 4.43. The molecule has 1 N–H and O–H groups in total. The summed E-state index contributed by atoms with van der Waals surface area (Å²) in [4.78, 5) is 2.43. The van der Waals surface area contributed by atoms with Crippen molar-refractivity contribution in [2.24, 2.45) is 0 Å². The summed E-state index contributed by atoms with van der Waals surface area (Å²) in [6.07, 6.45) is 1.84. The normalized spacial score (nSPS) is 22.0. The third-order valence-electron chi connectivity index (χ3n) is 2.41. The highest BCUT2D eigenvalue weighted by atomic mass is 16.3. The Morgan fingerprint density at radius 3 is 1.92 bits per heavy atom. The third-order valence-corrected chi connectivity index (χ3v) is 2.41. The average Bonchev–Trinajstić information content (AvgIpc) is 1.86. The van der Waals surface area contributed by atoms with Gasteiger partial charge in [-0.3, -0.25) is 4.90 Å². The summed E-state index contributed by atoms with van der Waals surface area (Å²) < 4.78 is 0. The Morgan fingerprint density at radius 2 is 1.58 bits per heavy atom. The number of nitrogens with zero attached hydrogens (tertiary/aromatic N) is 1. The number of aliphatic hydroxyl groups excluding tert-OH is 1. The minimum Gasteiger partial charge on any atom is -0.393 e. The number of hydrogen-bond donors (Lipinski definition) is 1. The van der Waals surface area contributed by atoms with Crippen molar-refractivity contribution in [2.75, 3.05) is 13.1 Å². The van der Waals surface area contributed by atoms with E-state index in [4.69, 9.17) is 0 Å². The van der Waals surface area contributed by atoms with Gasteiger partial charge in [0.25, 0.3) is 0 Å². The lowest BCUT2D eigenvalue weighted by Gasteiger charge is -2.39. The topological polar surface area (TPSA) is 23.5 Å². The second-order valence-electron chi connectivity index (χ2n) is 4.39. The number of rotatable bonds is 0. The second kappa shape index (κ2) is 4.24. The standard InChI is InChI=1S/C9H19NO.CH4/c1-9(2,3)10-6-4-8(11)5-7-10;/h8,11H,4-7H2,1-3H3;1H4. The van der Waals surface area contributed by atoms with Crippen molar-refractivity contribution >= 4 is 0 Å². The van der Waals surface area contributed by atoms with Crippen LogP contribution in [0.2, 0.25) is 0 Å². The molecule has 0 aromatic carbocycles. The zero-order valence-electron chi connectivity index (χ0n) is 7.80. The molecule has 0 bridgehead atoms. The number of hydrogen-bond acceptors (Lipinski definition) is 2. The van der Waals surface area contributed by atoms with Crippen LogP contribution in [0.25, 0.3) is 0 Å². The second-order valence-corrected chi connectivity index (χ2v) is 4.39. The average molecular weight is 173 g/mol. The van der Waals surface area contributed by atoms with Crippen molar-refractivity contribution < 1.29 is 5.11 Å². The molecule has 1 fully saturated rings. The molecule has 2 heteroatoms. The van der Waals surface area contributed by atoms with Gasteiger partial charge in [-0.1, -0.05) is 7.43 Å². The number of piperidine rings is 1.